The van der Waals surface area contributed by atoms with Crippen molar-refractivity contribution >= 4 is 34.2 Å². The minimum atomic E-state index is -3.63. The Morgan fingerprint density at radius 1 is 1.50 bits per heavy atom. The van der Waals surface area contributed by atoms with E-state index in [-0.39, 0.29) is 35.5 Å². The van der Waals surface area contributed by atoms with Crippen LogP contribution in [0, 0.1) is 11.7 Å². The highest BCUT2D eigenvalue weighted by Crippen LogP contribution is 2.24. The lowest BCUT2D eigenvalue weighted by molar-refractivity contribution is 0.381. The zero-order valence-corrected chi connectivity index (χ0v) is 14.6. The van der Waals surface area contributed by atoms with E-state index in [0.717, 1.165) is 10.7 Å². The van der Waals surface area contributed by atoms with Crippen molar-refractivity contribution in [1.29, 1.82) is 0 Å². The maximum atomic E-state index is 13.8. The van der Waals surface area contributed by atoms with Crippen molar-refractivity contribution in [3.63, 3.8) is 0 Å². The molecular weight excluding hydrogens is 352 g/mol. The number of benzene rings is 1. The first-order valence-corrected chi connectivity index (χ1v) is 8.48. The Hall–Kier alpha value is -0.440. The summed E-state index contributed by atoms with van der Waals surface area (Å²) in [7, 11) is -2.20. The van der Waals surface area contributed by atoms with Gasteiger partial charge in [-0.25, -0.2) is 4.39 Å². The summed E-state index contributed by atoms with van der Waals surface area (Å²) in [5, 5.41) is 0.221. The van der Waals surface area contributed by atoms with Crippen LogP contribution in [0.25, 0.3) is 0 Å². The van der Waals surface area contributed by atoms with Crippen LogP contribution in [0.4, 0.5) is 4.39 Å². The molecule has 0 bridgehead atoms. The summed E-state index contributed by atoms with van der Waals surface area (Å²) in [4.78, 5) is 0. The van der Waals surface area contributed by atoms with Crippen LogP contribution >= 0.6 is 24.0 Å². The molecule has 9 heteroatoms. The van der Waals surface area contributed by atoms with E-state index in [1.165, 1.54) is 23.5 Å². The highest BCUT2D eigenvalue weighted by Gasteiger charge is 2.33. The Bertz CT molecular complexity index is 595. The third-order valence-electron chi connectivity index (χ3n) is 3.74. The fraction of sp³-hybridized carbons (Fsp3) is 0.538. The number of hydrogen-bond donors (Lipinski definition) is 1. The van der Waals surface area contributed by atoms with Crippen LogP contribution in [0.3, 0.4) is 0 Å². The van der Waals surface area contributed by atoms with E-state index < -0.39 is 16.0 Å². The fourth-order valence-corrected chi connectivity index (χ4v) is 4.03. The number of rotatable bonds is 5. The van der Waals surface area contributed by atoms with Crippen LogP contribution < -0.4 is 5.73 Å². The summed E-state index contributed by atoms with van der Waals surface area (Å²) in [6.07, 6.45) is 0.754. The van der Waals surface area contributed by atoms with Gasteiger partial charge < -0.3 is 5.73 Å². The van der Waals surface area contributed by atoms with Gasteiger partial charge in [-0.3, -0.25) is 0 Å². The standard InChI is InChI=1S/C13H19ClFN3O2S.ClH/c1-17(9-11-12(14)3-2-4-13(11)15)21(19,20)18-6-5-10(7-16)8-18;/h2-4,10H,5-9,16H2,1H3;1H. The molecule has 22 heavy (non-hydrogen) atoms. The van der Waals surface area contributed by atoms with Crippen molar-refractivity contribution in [3.05, 3.63) is 34.6 Å². The van der Waals surface area contributed by atoms with Crippen molar-refractivity contribution in [1.82, 2.24) is 8.61 Å². The minimum absolute atomic E-state index is 0. The van der Waals surface area contributed by atoms with Gasteiger partial charge in [0.15, 0.2) is 0 Å². The zero-order chi connectivity index (χ0) is 15.6. The molecule has 126 valence electrons. The molecule has 0 aliphatic carbocycles. The Morgan fingerprint density at radius 3 is 2.73 bits per heavy atom. The van der Waals surface area contributed by atoms with Gasteiger partial charge in [0, 0.05) is 37.3 Å². The van der Waals surface area contributed by atoms with Gasteiger partial charge in [0.25, 0.3) is 10.2 Å². The molecule has 1 aromatic carbocycles. The first-order chi connectivity index (χ1) is 9.86. The van der Waals surface area contributed by atoms with Crippen molar-refractivity contribution in [2.24, 2.45) is 11.7 Å². The molecule has 1 saturated heterocycles. The summed E-state index contributed by atoms with van der Waals surface area (Å²) in [6, 6.07) is 4.30. The van der Waals surface area contributed by atoms with Crippen LogP contribution in [0.15, 0.2) is 18.2 Å². The van der Waals surface area contributed by atoms with E-state index >= 15 is 0 Å². The molecule has 2 rings (SSSR count). The van der Waals surface area contributed by atoms with E-state index in [2.05, 4.69) is 0 Å². The van der Waals surface area contributed by atoms with Crippen molar-refractivity contribution in [2.45, 2.75) is 13.0 Å². The van der Waals surface area contributed by atoms with Gasteiger partial charge in [-0.15, -0.1) is 12.4 Å². The zero-order valence-electron chi connectivity index (χ0n) is 12.2. The average Bonchev–Trinajstić information content (AvgIpc) is 2.92. The second kappa shape index (κ2) is 7.90. The predicted molar refractivity (Wildman–Crippen MR) is 87.8 cm³/mol. The van der Waals surface area contributed by atoms with E-state index in [0.29, 0.717) is 19.6 Å². The molecule has 1 heterocycles. The molecule has 1 unspecified atom stereocenters. The third-order valence-corrected chi connectivity index (χ3v) is 6.00. The highest BCUT2D eigenvalue weighted by atomic mass is 35.5. The topological polar surface area (TPSA) is 66.6 Å². The van der Waals surface area contributed by atoms with E-state index in [4.69, 9.17) is 17.3 Å². The van der Waals surface area contributed by atoms with Gasteiger partial charge in [0.05, 0.1) is 0 Å². The molecule has 2 N–H and O–H groups in total. The first kappa shape index (κ1) is 19.6. The minimum Gasteiger partial charge on any atom is -0.330 e. The maximum absolute atomic E-state index is 13.8. The molecule has 1 atom stereocenters. The largest absolute Gasteiger partial charge is 0.330 e. The molecule has 0 saturated carbocycles. The van der Waals surface area contributed by atoms with Crippen LogP contribution in [0.5, 0.6) is 0 Å². The summed E-state index contributed by atoms with van der Waals surface area (Å²) in [5.74, 6) is -0.323. The Kier molecular flexibility index (Phi) is 7.04. The summed E-state index contributed by atoms with van der Waals surface area (Å²) in [5.41, 5.74) is 5.76. The molecule has 0 radical (unpaired) electrons. The van der Waals surface area contributed by atoms with Crippen molar-refractivity contribution in [3.8, 4) is 0 Å². The van der Waals surface area contributed by atoms with Crippen molar-refractivity contribution < 1.29 is 12.8 Å². The number of halogens is 3. The molecule has 0 amide bonds. The molecule has 1 aliphatic rings. The Morgan fingerprint density at radius 2 is 2.18 bits per heavy atom. The van der Waals surface area contributed by atoms with Gasteiger partial charge in [-0.2, -0.15) is 17.0 Å². The van der Waals surface area contributed by atoms with Crippen LogP contribution in [-0.2, 0) is 16.8 Å². The van der Waals surface area contributed by atoms with Gasteiger partial charge in [0.2, 0.25) is 0 Å². The summed E-state index contributed by atoms with van der Waals surface area (Å²) < 4.78 is 41.2. The Balaban J connectivity index is 0.00000242. The van der Waals surface area contributed by atoms with Gasteiger partial charge in [-0.1, -0.05) is 17.7 Å². The Labute approximate surface area is 141 Å². The van der Waals surface area contributed by atoms with E-state index in [9.17, 15) is 12.8 Å². The average molecular weight is 372 g/mol. The van der Waals surface area contributed by atoms with Gasteiger partial charge >= 0.3 is 0 Å². The smallest absolute Gasteiger partial charge is 0.282 e. The highest BCUT2D eigenvalue weighted by molar-refractivity contribution is 7.86. The third kappa shape index (κ3) is 4.10. The second-order valence-electron chi connectivity index (χ2n) is 5.21. The molecule has 0 spiro atoms. The summed E-state index contributed by atoms with van der Waals surface area (Å²) in [6.45, 7) is 1.22. The second-order valence-corrected chi connectivity index (χ2v) is 7.66. The van der Waals surface area contributed by atoms with Gasteiger partial charge in [0.1, 0.15) is 5.82 Å². The molecule has 1 aliphatic heterocycles. The van der Waals surface area contributed by atoms with Crippen LogP contribution in [0.1, 0.15) is 12.0 Å². The lowest BCUT2D eigenvalue weighted by Crippen LogP contribution is -2.40. The van der Waals surface area contributed by atoms with E-state index in [1.54, 1.807) is 6.07 Å². The van der Waals surface area contributed by atoms with Gasteiger partial charge in [-0.05, 0) is 31.0 Å². The molecule has 0 aromatic heterocycles. The monoisotopic (exact) mass is 371 g/mol. The molecule has 1 fully saturated rings. The molecule has 1 aromatic rings. The van der Waals surface area contributed by atoms with Crippen LogP contribution in [0.2, 0.25) is 5.02 Å². The first-order valence-electron chi connectivity index (χ1n) is 6.70. The molecule has 5 nitrogen and oxygen atoms in total. The number of hydrogen-bond acceptors (Lipinski definition) is 3. The predicted octanol–water partition coefficient (Wildman–Crippen LogP) is 1.86. The fourth-order valence-electron chi connectivity index (χ4n) is 2.38. The number of nitrogens with zero attached hydrogens (tertiary/aromatic N) is 2. The SMILES string of the molecule is CN(Cc1c(F)cccc1Cl)S(=O)(=O)N1CCC(CN)C1.Cl. The lowest BCUT2D eigenvalue weighted by atomic mass is 10.1. The summed E-state index contributed by atoms with van der Waals surface area (Å²) >= 11 is 5.94. The maximum Gasteiger partial charge on any atom is 0.282 e. The van der Waals surface area contributed by atoms with Crippen LogP contribution in [-0.4, -0.2) is 43.7 Å². The number of nitrogens with two attached hydrogens (primary N) is 1. The molecular formula is C13H20Cl2FN3O2S. The lowest BCUT2D eigenvalue weighted by Gasteiger charge is -2.24. The van der Waals surface area contributed by atoms with Crippen molar-refractivity contribution in [2.75, 3.05) is 26.7 Å². The normalized spacial score (nSPS) is 19.4. The van der Waals surface area contributed by atoms with E-state index in [1.807, 2.05) is 0 Å². The quantitative estimate of drug-likeness (QED) is 0.858.